The van der Waals surface area contributed by atoms with Crippen molar-refractivity contribution in [2.75, 3.05) is 11.9 Å². The van der Waals surface area contributed by atoms with E-state index in [9.17, 15) is 4.79 Å². The SMILES string of the molecule is CN(C(=O)c1ccc(CN)cn1)c1cccs1. The van der Waals surface area contributed by atoms with Crippen LogP contribution in [0.3, 0.4) is 0 Å². The first kappa shape index (κ1) is 11.8. The third kappa shape index (κ3) is 2.51. The zero-order valence-electron chi connectivity index (χ0n) is 9.46. The molecule has 2 rings (SSSR count). The first-order valence-electron chi connectivity index (χ1n) is 5.19. The summed E-state index contributed by atoms with van der Waals surface area (Å²) < 4.78 is 0. The Kier molecular flexibility index (Phi) is 3.51. The maximum Gasteiger partial charge on any atom is 0.277 e. The lowest BCUT2D eigenvalue weighted by molar-refractivity contribution is 0.0989. The topological polar surface area (TPSA) is 59.2 Å². The quantitative estimate of drug-likeness (QED) is 0.900. The molecule has 0 spiro atoms. The van der Waals surface area contributed by atoms with Gasteiger partial charge in [-0.3, -0.25) is 9.78 Å². The summed E-state index contributed by atoms with van der Waals surface area (Å²) in [6.45, 7) is 0.433. The van der Waals surface area contributed by atoms with Crippen molar-refractivity contribution in [1.82, 2.24) is 4.98 Å². The van der Waals surface area contributed by atoms with E-state index in [1.165, 1.54) is 11.3 Å². The van der Waals surface area contributed by atoms with Gasteiger partial charge < -0.3 is 10.6 Å². The molecule has 0 aliphatic rings. The number of carbonyl (C=O) groups excluding carboxylic acids is 1. The van der Waals surface area contributed by atoms with E-state index >= 15 is 0 Å². The highest BCUT2D eigenvalue weighted by atomic mass is 32.1. The molecule has 0 aliphatic carbocycles. The predicted octanol–water partition coefficient (Wildman–Crippen LogP) is 1.88. The van der Waals surface area contributed by atoms with Gasteiger partial charge in [0.1, 0.15) is 5.69 Å². The molecule has 17 heavy (non-hydrogen) atoms. The normalized spacial score (nSPS) is 10.2. The van der Waals surface area contributed by atoms with Gasteiger partial charge in [0.15, 0.2) is 0 Å². The van der Waals surface area contributed by atoms with Crippen molar-refractivity contribution in [1.29, 1.82) is 0 Å². The van der Waals surface area contributed by atoms with Gasteiger partial charge in [-0.05, 0) is 29.1 Å². The van der Waals surface area contributed by atoms with Gasteiger partial charge in [0.25, 0.3) is 5.91 Å². The summed E-state index contributed by atoms with van der Waals surface area (Å²) >= 11 is 1.52. The van der Waals surface area contributed by atoms with Crippen LogP contribution in [0.1, 0.15) is 16.1 Å². The molecule has 2 N–H and O–H groups in total. The minimum Gasteiger partial charge on any atom is -0.326 e. The van der Waals surface area contributed by atoms with Crippen LogP contribution in [0.25, 0.3) is 0 Å². The van der Waals surface area contributed by atoms with E-state index in [-0.39, 0.29) is 5.91 Å². The molecular formula is C12H13N3OS. The molecule has 4 nitrogen and oxygen atoms in total. The number of rotatable bonds is 3. The van der Waals surface area contributed by atoms with Gasteiger partial charge in [-0.25, -0.2) is 0 Å². The Morgan fingerprint density at radius 2 is 2.29 bits per heavy atom. The molecule has 0 aliphatic heterocycles. The Balaban J connectivity index is 2.19. The van der Waals surface area contributed by atoms with E-state index in [0.717, 1.165) is 10.6 Å². The second-order valence-corrected chi connectivity index (χ2v) is 4.50. The summed E-state index contributed by atoms with van der Waals surface area (Å²) in [6, 6.07) is 7.34. The molecule has 0 saturated carbocycles. The highest BCUT2D eigenvalue weighted by Gasteiger charge is 2.15. The molecule has 5 heteroatoms. The molecule has 2 aromatic rings. The van der Waals surface area contributed by atoms with E-state index in [2.05, 4.69) is 4.98 Å². The minimum atomic E-state index is -0.115. The van der Waals surface area contributed by atoms with Crippen molar-refractivity contribution in [2.45, 2.75) is 6.54 Å². The molecule has 88 valence electrons. The van der Waals surface area contributed by atoms with Crippen LogP contribution in [0.5, 0.6) is 0 Å². The van der Waals surface area contributed by atoms with Crippen LogP contribution >= 0.6 is 11.3 Å². The molecule has 0 aromatic carbocycles. The third-order valence-corrected chi connectivity index (χ3v) is 3.37. The number of nitrogens with zero attached hydrogens (tertiary/aromatic N) is 2. The lowest BCUT2D eigenvalue weighted by Gasteiger charge is -2.14. The summed E-state index contributed by atoms with van der Waals surface area (Å²) in [5.74, 6) is -0.115. The summed E-state index contributed by atoms with van der Waals surface area (Å²) in [5, 5.41) is 2.84. The van der Waals surface area contributed by atoms with Crippen LogP contribution in [-0.4, -0.2) is 17.9 Å². The van der Waals surface area contributed by atoms with Gasteiger partial charge in [-0.1, -0.05) is 6.07 Å². The number of hydrogen-bond donors (Lipinski definition) is 1. The fourth-order valence-electron chi connectivity index (χ4n) is 1.40. The van der Waals surface area contributed by atoms with Gasteiger partial charge in [0, 0.05) is 19.8 Å². The van der Waals surface area contributed by atoms with Crippen molar-refractivity contribution in [3.63, 3.8) is 0 Å². The van der Waals surface area contributed by atoms with E-state index in [1.807, 2.05) is 23.6 Å². The number of amides is 1. The van der Waals surface area contributed by atoms with Crippen LogP contribution < -0.4 is 10.6 Å². The van der Waals surface area contributed by atoms with Crippen molar-refractivity contribution < 1.29 is 4.79 Å². The number of anilines is 1. The van der Waals surface area contributed by atoms with Crippen LogP contribution in [0, 0.1) is 0 Å². The molecule has 1 amide bonds. The Morgan fingerprint density at radius 3 is 2.82 bits per heavy atom. The fourth-order valence-corrected chi connectivity index (χ4v) is 2.10. The number of pyridine rings is 1. The Hall–Kier alpha value is -1.72. The Labute approximate surface area is 104 Å². The van der Waals surface area contributed by atoms with Crippen molar-refractivity contribution in [3.8, 4) is 0 Å². The highest BCUT2D eigenvalue weighted by Crippen LogP contribution is 2.21. The molecule has 0 saturated heterocycles. The average molecular weight is 247 g/mol. The molecule has 2 heterocycles. The van der Waals surface area contributed by atoms with Gasteiger partial charge in [0.2, 0.25) is 0 Å². The molecule has 0 bridgehead atoms. The van der Waals surface area contributed by atoms with E-state index in [4.69, 9.17) is 5.73 Å². The molecule has 0 radical (unpaired) electrons. The average Bonchev–Trinajstić information content (AvgIpc) is 2.91. The first-order chi connectivity index (χ1) is 8.22. The van der Waals surface area contributed by atoms with E-state index in [1.54, 1.807) is 24.2 Å². The third-order valence-electron chi connectivity index (χ3n) is 2.42. The maximum atomic E-state index is 12.1. The molecule has 0 fully saturated rings. The molecular weight excluding hydrogens is 234 g/mol. The van der Waals surface area contributed by atoms with Gasteiger partial charge in [0.05, 0.1) is 5.00 Å². The largest absolute Gasteiger partial charge is 0.326 e. The zero-order valence-corrected chi connectivity index (χ0v) is 10.3. The van der Waals surface area contributed by atoms with Crippen LogP contribution in [0.4, 0.5) is 5.00 Å². The highest BCUT2D eigenvalue weighted by molar-refractivity contribution is 7.14. The second kappa shape index (κ2) is 5.07. The Bertz CT molecular complexity index is 493. The summed E-state index contributed by atoms with van der Waals surface area (Å²) in [6.07, 6.45) is 1.63. The number of hydrogen-bond acceptors (Lipinski definition) is 4. The van der Waals surface area contributed by atoms with Crippen molar-refractivity contribution >= 4 is 22.2 Å². The van der Waals surface area contributed by atoms with Crippen LogP contribution in [0.2, 0.25) is 0 Å². The summed E-state index contributed by atoms with van der Waals surface area (Å²) in [5.41, 5.74) is 6.83. The van der Waals surface area contributed by atoms with Gasteiger partial charge in [-0.2, -0.15) is 0 Å². The lowest BCUT2D eigenvalue weighted by atomic mass is 10.2. The number of nitrogens with two attached hydrogens (primary N) is 1. The number of carbonyl (C=O) groups is 1. The van der Waals surface area contributed by atoms with Crippen LogP contribution in [-0.2, 0) is 6.54 Å². The summed E-state index contributed by atoms with van der Waals surface area (Å²) in [7, 11) is 1.74. The first-order valence-corrected chi connectivity index (χ1v) is 6.07. The number of aromatic nitrogens is 1. The molecule has 2 aromatic heterocycles. The van der Waals surface area contributed by atoms with Crippen molar-refractivity contribution in [2.24, 2.45) is 5.73 Å². The monoisotopic (exact) mass is 247 g/mol. The van der Waals surface area contributed by atoms with Gasteiger partial charge in [-0.15, -0.1) is 11.3 Å². The fraction of sp³-hybridized carbons (Fsp3) is 0.167. The molecule has 0 unspecified atom stereocenters. The van der Waals surface area contributed by atoms with Crippen molar-refractivity contribution in [3.05, 3.63) is 47.1 Å². The molecule has 0 atom stereocenters. The van der Waals surface area contributed by atoms with Gasteiger partial charge >= 0.3 is 0 Å². The smallest absolute Gasteiger partial charge is 0.277 e. The van der Waals surface area contributed by atoms with Crippen LogP contribution in [0.15, 0.2) is 35.8 Å². The Morgan fingerprint density at radius 1 is 1.47 bits per heavy atom. The second-order valence-electron chi connectivity index (χ2n) is 3.57. The number of thiophene rings is 1. The lowest BCUT2D eigenvalue weighted by Crippen LogP contribution is -2.26. The maximum absolute atomic E-state index is 12.1. The zero-order chi connectivity index (χ0) is 12.3. The minimum absolute atomic E-state index is 0.115. The predicted molar refractivity (Wildman–Crippen MR) is 69.2 cm³/mol. The van der Waals surface area contributed by atoms with E-state index in [0.29, 0.717) is 12.2 Å². The standard InChI is InChI=1S/C12H13N3OS/c1-15(11-3-2-6-17-11)12(16)10-5-4-9(7-13)8-14-10/h2-6,8H,7,13H2,1H3. The van der Waals surface area contributed by atoms with E-state index < -0.39 is 0 Å². The summed E-state index contributed by atoms with van der Waals surface area (Å²) in [4.78, 5) is 17.8.